The minimum Gasteiger partial charge on any atom is -0.873 e. The Morgan fingerprint density at radius 1 is 0.333 bits per heavy atom. The standard InChI is InChI=1S/2C21H24N7.C20H18N2O4.C12H24O6.4C4H8O.K.2U/c2*1-4-10-22-19(7-1)25-13-16-28(17-14-26-20-8-2-5-11-23-20)18-15-27-21-9-3-6-12-24-21;1-25-19-9-5-3-7-13(19)21-15-11-18(24)16(12-17(15)23)22-14-8-4-6-10-20(14)26-2;1-2-14-5-6-16-9-10-18-12-11-17-8-7-15-4-3-13-1;4*1-2-4-5-3-1;;;/h2*1-12H,13-18H2;3-12,23-24H,1-2H3;1-12H2;4*1-4H2;;;/q2*-3;-2;;;;;;+1;;+4/p-2. The molecule has 33 heteroatoms. The van der Waals surface area contributed by atoms with Crippen molar-refractivity contribution >= 4 is 46.0 Å². The molecule has 11 heterocycles. The molecule has 0 atom stereocenters. The van der Waals surface area contributed by atoms with E-state index >= 15 is 0 Å². The smallest absolute Gasteiger partial charge is 0.873 e. The molecule has 5 aliphatic rings. The van der Waals surface area contributed by atoms with E-state index in [-0.39, 0.29) is 125 Å². The Bertz CT molecular complexity index is 3590. The van der Waals surface area contributed by atoms with Crippen molar-refractivity contribution in [2.45, 2.75) is 51.4 Å². The van der Waals surface area contributed by atoms with Gasteiger partial charge in [-0.3, -0.25) is 0 Å². The Hall–Kier alpha value is -6.58. The van der Waals surface area contributed by atoms with Gasteiger partial charge in [0.15, 0.2) is 0 Å². The summed E-state index contributed by atoms with van der Waals surface area (Å²) < 4.78 is 62.2. The Morgan fingerprint density at radius 2 is 0.585 bits per heavy atom. The second-order valence-electron chi connectivity index (χ2n) is 26.4. The zero-order valence-corrected chi connectivity index (χ0v) is 83.2. The van der Waals surface area contributed by atoms with E-state index < -0.39 is 11.5 Å². The van der Waals surface area contributed by atoms with Crippen LogP contribution in [0.5, 0.6) is 23.0 Å². The summed E-state index contributed by atoms with van der Waals surface area (Å²) in [4.78, 5) is 39.1. The zero-order chi connectivity index (χ0) is 83.9. The molecule has 0 bridgehead atoms. The molecule has 14 rings (SSSR count). The molecule has 30 nitrogen and oxygen atoms in total. The summed E-state index contributed by atoms with van der Waals surface area (Å²) >= 11 is 0. The van der Waals surface area contributed by atoms with Crippen molar-refractivity contribution in [2.75, 3.05) is 225 Å². The molecule has 5 aliphatic heterocycles. The van der Waals surface area contributed by atoms with E-state index in [2.05, 4.69) is 81.6 Å². The monoisotopic (exact) mass is 2160 g/mol. The molecule has 6 aromatic heterocycles. The van der Waals surface area contributed by atoms with Crippen molar-refractivity contribution in [2.24, 2.45) is 9.98 Å². The van der Waals surface area contributed by atoms with Crippen LogP contribution in [0.25, 0.3) is 31.9 Å². The van der Waals surface area contributed by atoms with E-state index in [0.29, 0.717) is 141 Å². The molecule has 0 N–H and O–H groups in total. The summed E-state index contributed by atoms with van der Waals surface area (Å²) in [6, 6.07) is 50.9. The van der Waals surface area contributed by atoms with Gasteiger partial charge in [0.1, 0.15) is 11.5 Å². The first kappa shape index (κ1) is 109. The third kappa shape index (κ3) is 54.3. The van der Waals surface area contributed by atoms with Crippen molar-refractivity contribution < 1.29 is 181 Å². The van der Waals surface area contributed by atoms with Gasteiger partial charge in [-0.15, -0.1) is 22.9 Å². The van der Waals surface area contributed by atoms with Crippen LogP contribution in [0.1, 0.15) is 51.4 Å². The van der Waals surface area contributed by atoms with Crippen LogP contribution in [-0.2, 0) is 47.4 Å². The first-order valence-electron chi connectivity index (χ1n) is 41.4. The number of nitrogens with zero attached hydrogens (tertiary/aromatic N) is 16. The van der Waals surface area contributed by atoms with Crippen molar-refractivity contribution in [3.8, 4) is 23.0 Å². The SMILES string of the molecule is C1CCOC1.C1CCOC1.C1CCOC1.C1CCOC1.C1COCCOCCOCCOCCOCCO1.COc1ccccc1[N-]c1cc([O-])c([N-]c2ccccc2OC)cc1[O-].[K+].[U+4].[U].c1ccc([N-]CCN(CCN=c2cccc[n-]2)CC[N-]c2ccccn2)nc1.c1ccc([N-]CCN(CCN=c2cccc[n-]2)CC[N-]c2ccccn2)nc1. The number of hydrogen-bond donors (Lipinski definition) is 0. The van der Waals surface area contributed by atoms with Crippen LogP contribution in [-0.4, -0.2) is 255 Å². The topological polar surface area (TPSA) is 352 Å². The average molecular weight is 2170 g/mol. The third-order valence-electron chi connectivity index (χ3n) is 17.3. The molecule has 5 fully saturated rings. The van der Waals surface area contributed by atoms with Crippen LogP contribution in [0.4, 0.5) is 46.0 Å². The molecule has 0 amide bonds. The summed E-state index contributed by atoms with van der Waals surface area (Å²) in [5.41, 5.74) is 2.55. The van der Waals surface area contributed by atoms with Crippen molar-refractivity contribution in [1.82, 2.24) is 39.7 Å². The number of ether oxygens (including phenoxy) is 12. The van der Waals surface area contributed by atoms with E-state index in [0.717, 1.165) is 126 Å². The average Bonchev–Trinajstić information content (AvgIpc) is 1.20. The summed E-state index contributed by atoms with van der Waals surface area (Å²) in [5.74, 6) is 3.28. The normalized spacial score (nSPS) is 14.8. The second-order valence-corrected chi connectivity index (χ2v) is 26.4. The fraction of sp³-hybridized carbons (Fsp3) is 0.467. The molecule has 3 aromatic carbocycles. The van der Waals surface area contributed by atoms with Crippen LogP contribution in [0, 0.1) is 62.2 Å². The van der Waals surface area contributed by atoms with Crippen molar-refractivity contribution in [3.05, 3.63) is 250 Å². The molecule has 0 aliphatic carbocycles. The maximum atomic E-state index is 12.4. The largest absolute Gasteiger partial charge is 4.00 e. The molecule has 0 spiro atoms. The Morgan fingerprint density at radius 3 is 0.813 bits per heavy atom. The van der Waals surface area contributed by atoms with E-state index in [9.17, 15) is 10.2 Å². The second kappa shape index (κ2) is 75.6. The van der Waals surface area contributed by atoms with E-state index in [1.54, 1.807) is 85.7 Å². The summed E-state index contributed by atoms with van der Waals surface area (Å²) in [5, 5.41) is 51.4. The Balaban J connectivity index is 0.000000318. The number of benzene rings is 3. The summed E-state index contributed by atoms with van der Waals surface area (Å²) in [7, 11) is 3.03. The number of para-hydroxylation sites is 4. The van der Waals surface area contributed by atoms with Crippen LogP contribution < -0.4 is 92.0 Å². The molecule has 0 unspecified atom stereocenters. The van der Waals surface area contributed by atoms with Crippen molar-refractivity contribution in [1.29, 1.82) is 0 Å². The third-order valence-corrected chi connectivity index (χ3v) is 17.3. The molecular formula is C90H120KN16O14U2-5. The maximum Gasteiger partial charge on any atom is 4.00 e. The van der Waals surface area contributed by atoms with Crippen LogP contribution in [0.15, 0.2) is 217 Å². The van der Waals surface area contributed by atoms with Crippen LogP contribution >= 0.6 is 0 Å². The predicted octanol–water partition coefficient (Wildman–Crippen LogP) is 10.9. The van der Waals surface area contributed by atoms with Gasteiger partial charge in [0.05, 0.1) is 93.5 Å². The minimum atomic E-state index is -0.399. The number of pyridine rings is 6. The van der Waals surface area contributed by atoms with Gasteiger partial charge in [-0.2, -0.15) is 0 Å². The molecule has 9 aromatic rings. The number of rotatable bonds is 28. The van der Waals surface area contributed by atoms with E-state index in [1.165, 1.54) is 77.7 Å². The molecule has 658 valence electrons. The molecule has 0 saturated carbocycles. The van der Waals surface area contributed by atoms with Gasteiger partial charge >= 0.3 is 82.5 Å². The number of methoxy groups -OCH3 is 2. The maximum absolute atomic E-state index is 12.4. The summed E-state index contributed by atoms with van der Waals surface area (Å²) in [6.45, 7) is 24.1. The molecular weight excluding hydrogens is 2040 g/mol. The fourth-order valence-electron chi connectivity index (χ4n) is 11.0. The van der Waals surface area contributed by atoms with E-state index in [4.69, 9.17) is 56.8 Å². The van der Waals surface area contributed by atoms with Crippen LogP contribution in [0.3, 0.4) is 0 Å². The molecule has 0 radical (unpaired) electrons. The van der Waals surface area contributed by atoms with Gasteiger partial charge in [0.25, 0.3) is 0 Å². The van der Waals surface area contributed by atoms with Gasteiger partial charge in [-0.1, -0.05) is 241 Å². The van der Waals surface area contributed by atoms with Gasteiger partial charge in [0, 0.05) is 84.0 Å². The van der Waals surface area contributed by atoms with Crippen LogP contribution in [0.2, 0.25) is 0 Å². The quantitative estimate of drug-likeness (QED) is 0.0411. The minimum absolute atomic E-state index is 0. The molecule has 123 heavy (non-hydrogen) atoms. The number of aromatic nitrogens is 6. The van der Waals surface area contributed by atoms with Gasteiger partial charge in [0.2, 0.25) is 0 Å². The molecule has 5 saturated heterocycles. The van der Waals surface area contributed by atoms with E-state index in [1.807, 2.05) is 109 Å². The predicted molar refractivity (Wildman–Crippen MR) is 464 cm³/mol. The van der Waals surface area contributed by atoms with Gasteiger partial charge in [-0.05, 0) is 142 Å². The van der Waals surface area contributed by atoms with Gasteiger partial charge < -0.3 is 149 Å². The Labute approximate surface area is 817 Å². The van der Waals surface area contributed by atoms with Crippen molar-refractivity contribution in [3.63, 3.8) is 0 Å². The fourth-order valence-corrected chi connectivity index (χ4v) is 11.0. The van der Waals surface area contributed by atoms with Gasteiger partial charge in [-0.25, -0.2) is 0 Å². The Kier molecular flexibility index (Phi) is 66.8. The number of hydrogen-bond acceptors (Lipinski definition) is 22. The summed E-state index contributed by atoms with van der Waals surface area (Å²) in [6.07, 6.45) is 20.8. The zero-order valence-electron chi connectivity index (χ0n) is 71.8. The first-order valence-corrected chi connectivity index (χ1v) is 41.4. The first-order chi connectivity index (χ1) is 59.4.